The maximum Gasteiger partial charge on any atom is 0.255 e. The first-order valence-corrected chi connectivity index (χ1v) is 9.49. The molecule has 0 saturated carbocycles. The van der Waals surface area contributed by atoms with Gasteiger partial charge in [-0.3, -0.25) is 4.79 Å². The number of hydrogen-bond donors (Lipinski definition) is 0. The summed E-state index contributed by atoms with van der Waals surface area (Å²) < 4.78 is 5.68. The zero-order valence-electron chi connectivity index (χ0n) is 15.4. The third kappa shape index (κ3) is 3.55. The molecule has 138 valence electrons. The van der Waals surface area contributed by atoms with Gasteiger partial charge >= 0.3 is 0 Å². The van der Waals surface area contributed by atoms with Crippen molar-refractivity contribution >= 4 is 28.4 Å². The van der Waals surface area contributed by atoms with Crippen molar-refractivity contribution in [2.45, 2.75) is 26.0 Å². The molecule has 1 fully saturated rings. The van der Waals surface area contributed by atoms with Gasteiger partial charge in [-0.25, -0.2) is 4.98 Å². The van der Waals surface area contributed by atoms with Crippen LogP contribution in [0, 0.1) is 0 Å². The van der Waals surface area contributed by atoms with E-state index in [2.05, 4.69) is 0 Å². The molecule has 2 atom stereocenters. The molecule has 1 aliphatic heterocycles. The van der Waals surface area contributed by atoms with E-state index in [1.807, 2.05) is 73.3 Å². The summed E-state index contributed by atoms with van der Waals surface area (Å²) in [4.78, 5) is 20.1. The topological polar surface area (TPSA) is 42.4 Å². The molecule has 0 aliphatic carbocycles. The second-order valence-corrected chi connectivity index (χ2v) is 7.47. The van der Waals surface area contributed by atoms with Crippen LogP contribution in [0.3, 0.4) is 0 Å². The van der Waals surface area contributed by atoms with E-state index in [1.54, 1.807) is 0 Å². The van der Waals surface area contributed by atoms with Gasteiger partial charge in [0, 0.05) is 22.5 Å². The first-order chi connectivity index (χ1) is 13.0. The molecule has 2 aromatic carbocycles. The van der Waals surface area contributed by atoms with Gasteiger partial charge < -0.3 is 9.64 Å². The number of ether oxygens (including phenoxy) is 1. The molecule has 1 aromatic heterocycles. The Balaban J connectivity index is 1.83. The molecule has 0 radical (unpaired) electrons. The lowest BCUT2D eigenvalue weighted by atomic mass is 10.0. The SMILES string of the molecule is CC1CN(C(=O)c2cc(-c3ccc(Cl)cc3)nc3ccccc23)C(C)CO1. The molecular weight excluding hydrogens is 360 g/mol. The van der Waals surface area contributed by atoms with Crippen LogP contribution in [-0.4, -0.2) is 41.1 Å². The van der Waals surface area contributed by atoms with Crippen LogP contribution in [0.2, 0.25) is 5.02 Å². The van der Waals surface area contributed by atoms with Crippen LogP contribution < -0.4 is 0 Å². The maximum atomic E-state index is 13.4. The molecule has 0 N–H and O–H groups in total. The highest BCUT2D eigenvalue weighted by molar-refractivity contribution is 6.30. The van der Waals surface area contributed by atoms with Gasteiger partial charge in [-0.2, -0.15) is 0 Å². The molecule has 1 amide bonds. The van der Waals surface area contributed by atoms with E-state index in [0.717, 1.165) is 22.2 Å². The third-order valence-corrected chi connectivity index (χ3v) is 5.21. The lowest BCUT2D eigenvalue weighted by Crippen LogP contribution is -2.50. The van der Waals surface area contributed by atoms with Crippen molar-refractivity contribution in [3.63, 3.8) is 0 Å². The fraction of sp³-hybridized carbons (Fsp3) is 0.273. The quantitative estimate of drug-likeness (QED) is 0.641. The summed E-state index contributed by atoms with van der Waals surface area (Å²) in [5, 5.41) is 1.54. The van der Waals surface area contributed by atoms with Crippen molar-refractivity contribution in [2.24, 2.45) is 0 Å². The van der Waals surface area contributed by atoms with Crippen molar-refractivity contribution in [2.75, 3.05) is 13.2 Å². The highest BCUT2D eigenvalue weighted by atomic mass is 35.5. The Kier molecular flexibility index (Phi) is 4.85. The molecule has 1 saturated heterocycles. The monoisotopic (exact) mass is 380 g/mol. The summed E-state index contributed by atoms with van der Waals surface area (Å²) >= 11 is 6.01. The summed E-state index contributed by atoms with van der Waals surface area (Å²) in [6.07, 6.45) is 0.0361. The van der Waals surface area contributed by atoms with Gasteiger partial charge in [0.05, 0.1) is 35.5 Å². The predicted molar refractivity (Wildman–Crippen MR) is 108 cm³/mol. The number of carbonyl (C=O) groups is 1. The number of amides is 1. The Bertz CT molecular complexity index is 987. The fourth-order valence-corrected chi connectivity index (χ4v) is 3.59. The first-order valence-electron chi connectivity index (χ1n) is 9.11. The number of carbonyl (C=O) groups excluding carboxylic acids is 1. The van der Waals surface area contributed by atoms with E-state index in [9.17, 15) is 4.79 Å². The highest BCUT2D eigenvalue weighted by Gasteiger charge is 2.29. The van der Waals surface area contributed by atoms with Gasteiger partial charge in [-0.15, -0.1) is 0 Å². The number of hydrogen-bond acceptors (Lipinski definition) is 3. The number of fused-ring (bicyclic) bond motifs is 1. The van der Waals surface area contributed by atoms with E-state index in [0.29, 0.717) is 23.7 Å². The number of pyridine rings is 1. The Labute approximate surface area is 163 Å². The van der Waals surface area contributed by atoms with Gasteiger partial charge in [0.25, 0.3) is 5.91 Å². The molecule has 27 heavy (non-hydrogen) atoms. The zero-order chi connectivity index (χ0) is 19.0. The second kappa shape index (κ2) is 7.29. The number of rotatable bonds is 2. The zero-order valence-corrected chi connectivity index (χ0v) is 16.1. The van der Waals surface area contributed by atoms with E-state index in [1.165, 1.54) is 0 Å². The van der Waals surface area contributed by atoms with E-state index >= 15 is 0 Å². The Morgan fingerprint density at radius 2 is 1.89 bits per heavy atom. The van der Waals surface area contributed by atoms with Crippen LogP contribution in [0.15, 0.2) is 54.6 Å². The van der Waals surface area contributed by atoms with Crippen molar-refractivity contribution < 1.29 is 9.53 Å². The van der Waals surface area contributed by atoms with E-state index < -0.39 is 0 Å². The number of benzene rings is 2. The average Bonchev–Trinajstić information content (AvgIpc) is 2.69. The van der Waals surface area contributed by atoms with Gasteiger partial charge in [0.15, 0.2) is 0 Å². The van der Waals surface area contributed by atoms with E-state index in [-0.39, 0.29) is 18.1 Å². The van der Waals surface area contributed by atoms with Crippen LogP contribution in [0.5, 0.6) is 0 Å². The fourth-order valence-electron chi connectivity index (χ4n) is 3.46. The number of aromatic nitrogens is 1. The Morgan fingerprint density at radius 3 is 2.67 bits per heavy atom. The molecule has 5 heteroatoms. The van der Waals surface area contributed by atoms with Crippen molar-refractivity contribution in [1.82, 2.24) is 9.88 Å². The standard InChI is InChI=1S/C22H21ClN2O2/c1-14-13-27-15(2)12-25(14)22(26)19-11-21(16-7-9-17(23)10-8-16)24-20-6-4-3-5-18(19)20/h3-11,14-15H,12-13H2,1-2H3. The van der Waals surface area contributed by atoms with Gasteiger partial charge in [0.1, 0.15) is 0 Å². The van der Waals surface area contributed by atoms with Gasteiger partial charge in [-0.05, 0) is 38.1 Å². The molecule has 2 unspecified atom stereocenters. The Morgan fingerprint density at radius 1 is 1.15 bits per heavy atom. The van der Waals surface area contributed by atoms with Gasteiger partial charge in [-0.1, -0.05) is 41.9 Å². The Hall–Kier alpha value is -2.43. The summed E-state index contributed by atoms with van der Waals surface area (Å²) in [7, 11) is 0. The first kappa shape index (κ1) is 18.0. The lowest BCUT2D eigenvalue weighted by molar-refractivity contribution is -0.0386. The van der Waals surface area contributed by atoms with Crippen LogP contribution in [0.1, 0.15) is 24.2 Å². The maximum absolute atomic E-state index is 13.4. The minimum atomic E-state index is 0.0199. The molecule has 0 bridgehead atoms. The van der Waals surface area contributed by atoms with Crippen LogP contribution in [-0.2, 0) is 4.74 Å². The van der Waals surface area contributed by atoms with Crippen LogP contribution in [0.4, 0.5) is 0 Å². The summed E-state index contributed by atoms with van der Waals surface area (Å²) in [6, 6.07) is 17.2. The number of morpholine rings is 1. The molecule has 0 spiro atoms. The van der Waals surface area contributed by atoms with Crippen LogP contribution >= 0.6 is 11.6 Å². The molecule has 2 heterocycles. The molecule has 1 aliphatic rings. The van der Waals surface area contributed by atoms with Crippen molar-refractivity contribution in [1.29, 1.82) is 0 Å². The second-order valence-electron chi connectivity index (χ2n) is 7.03. The van der Waals surface area contributed by atoms with Gasteiger partial charge in [0.2, 0.25) is 0 Å². The third-order valence-electron chi connectivity index (χ3n) is 4.96. The summed E-state index contributed by atoms with van der Waals surface area (Å²) in [6.45, 7) is 5.16. The van der Waals surface area contributed by atoms with Crippen LogP contribution in [0.25, 0.3) is 22.2 Å². The summed E-state index contributed by atoms with van der Waals surface area (Å²) in [5.74, 6) is 0.0199. The number of halogens is 1. The number of nitrogens with zero attached hydrogens (tertiary/aromatic N) is 2. The van der Waals surface area contributed by atoms with Crippen molar-refractivity contribution in [3.05, 3.63) is 65.2 Å². The lowest BCUT2D eigenvalue weighted by Gasteiger charge is -2.37. The number of para-hydroxylation sites is 1. The van der Waals surface area contributed by atoms with Crippen molar-refractivity contribution in [3.8, 4) is 11.3 Å². The average molecular weight is 381 g/mol. The largest absolute Gasteiger partial charge is 0.375 e. The highest BCUT2D eigenvalue weighted by Crippen LogP contribution is 2.28. The normalized spacial score (nSPS) is 20.0. The molecule has 4 nitrogen and oxygen atoms in total. The minimum absolute atomic E-state index is 0.0199. The van der Waals surface area contributed by atoms with E-state index in [4.69, 9.17) is 21.3 Å². The molecule has 4 rings (SSSR count). The minimum Gasteiger partial charge on any atom is -0.375 e. The predicted octanol–water partition coefficient (Wildman–Crippen LogP) is 4.80. The summed E-state index contributed by atoms with van der Waals surface area (Å²) in [5.41, 5.74) is 3.18. The molecule has 3 aromatic rings. The molecular formula is C22H21ClN2O2. The smallest absolute Gasteiger partial charge is 0.255 e.